The molecule has 148 valence electrons. The van der Waals surface area contributed by atoms with Gasteiger partial charge in [-0.2, -0.15) is 0 Å². The van der Waals surface area contributed by atoms with E-state index in [0.717, 1.165) is 50.3 Å². The van der Waals surface area contributed by atoms with Crippen LogP contribution >= 0.6 is 24.8 Å². The van der Waals surface area contributed by atoms with Crippen molar-refractivity contribution in [2.75, 3.05) is 44.3 Å². The van der Waals surface area contributed by atoms with E-state index in [1.165, 1.54) is 12.1 Å². The number of carbonyl (C=O) groups excluding carboxylic acids is 1. The monoisotopic (exact) mass is 407 g/mol. The number of anilines is 1. The SMILES string of the molecule is Cl.Cl.O=C(CCC1CCNC1)NCc1cc(F)ccc1N1CCOCC1. The first-order chi connectivity index (χ1) is 11.7. The van der Waals surface area contributed by atoms with Crippen LogP contribution in [0.4, 0.5) is 10.1 Å². The largest absolute Gasteiger partial charge is 0.378 e. The first kappa shape index (κ1) is 23.0. The fraction of sp³-hybridized carbons (Fsp3) is 0.611. The molecular formula is C18H28Cl2FN3O2. The van der Waals surface area contributed by atoms with Gasteiger partial charge < -0.3 is 20.3 Å². The predicted octanol–water partition coefficient (Wildman–Crippen LogP) is 2.51. The molecule has 0 bridgehead atoms. The molecule has 0 aromatic heterocycles. The quantitative estimate of drug-likeness (QED) is 0.760. The standard InChI is InChI=1S/C18H26FN3O2.2ClH/c19-16-2-3-17(22-7-9-24-10-8-22)15(11-16)13-21-18(23)4-1-14-5-6-20-12-14;;/h2-3,11,14,20H,1,4-10,12-13H2,(H,21,23);2*1H. The maximum atomic E-state index is 13.6. The molecule has 0 aliphatic carbocycles. The van der Waals surface area contributed by atoms with Gasteiger partial charge in [-0.15, -0.1) is 24.8 Å². The van der Waals surface area contributed by atoms with Crippen molar-refractivity contribution in [2.45, 2.75) is 25.8 Å². The maximum Gasteiger partial charge on any atom is 0.220 e. The molecule has 1 aromatic carbocycles. The number of hydrogen-bond acceptors (Lipinski definition) is 4. The molecule has 1 atom stereocenters. The number of carbonyl (C=O) groups is 1. The van der Waals surface area contributed by atoms with Crippen molar-refractivity contribution in [1.29, 1.82) is 0 Å². The molecule has 2 fully saturated rings. The van der Waals surface area contributed by atoms with Crippen LogP contribution in [0.1, 0.15) is 24.8 Å². The molecule has 0 spiro atoms. The van der Waals surface area contributed by atoms with Crippen LogP contribution in [0.3, 0.4) is 0 Å². The summed E-state index contributed by atoms with van der Waals surface area (Å²) >= 11 is 0. The fourth-order valence-electron chi connectivity index (χ4n) is 3.39. The van der Waals surface area contributed by atoms with Crippen LogP contribution in [0.25, 0.3) is 0 Å². The number of amides is 1. The normalized spacial score (nSPS) is 19.4. The zero-order valence-electron chi connectivity index (χ0n) is 14.8. The molecule has 0 saturated carbocycles. The topological polar surface area (TPSA) is 53.6 Å². The molecule has 3 rings (SSSR count). The molecule has 1 amide bonds. The van der Waals surface area contributed by atoms with Gasteiger partial charge in [0.25, 0.3) is 0 Å². The Morgan fingerprint density at radius 1 is 1.31 bits per heavy atom. The maximum absolute atomic E-state index is 13.6. The van der Waals surface area contributed by atoms with Crippen molar-refractivity contribution in [1.82, 2.24) is 10.6 Å². The van der Waals surface area contributed by atoms with Gasteiger partial charge in [0.1, 0.15) is 5.82 Å². The van der Waals surface area contributed by atoms with Gasteiger partial charge >= 0.3 is 0 Å². The smallest absolute Gasteiger partial charge is 0.220 e. The third-order valence-corrected chi connectivity index (χ3v) is 4.81. The number of benzene rings is 1. The number of morpholine rings is 1. The molecule has 2 heterocycles. The first-order valence-corrected chi connectivity index (χ1v) is 8.81. The average Bonchev–Trinajstić information content (AvgIpc) is 3.12. The molecule has 1 aromatic rings. The second-order valence-corrected chi connectivity index (χ2v) is 6.55. The third kappa shape index (κ3) is 6.58. The van der Waals surface area contributed by atoms with Crippen LogP contribution in [0.2, 0.25) is 0 Å². The van der Waals surface area contributed by atoms with E-state index in [1.807, 2.05) is 0 Å². The van der Waals surface area contributed by atoms with E-state index in [0.29, 0.717) is 32.1 Å². The van der Waals surface area contributed by atoms with E-state index in [-0.39, 0.29) is 36.5 Å². The van der Waals surface area contributed by atoms with Gasteiger partial charge in [0.2, 0.25) is 5.91 Å². The zero-order valence-corrected chi connectivity index (χ0v) is 16.5. The lowest BCUT2D eigenvalue weighted by Gasteiger charge is -2.30. The highest BCUT2D eigenvalue weighted by atomic mass is 35.5. The van der Waals surface area contributed by atoms with E-state index in [4.69, 9.17) is 4.74 Å². The van der Waals surface area contributed by atoms with E-state index in [2.05, 4.69) is 15.5 Å². The van der Waals surface area contributed by atoms with Crippen LogP contribution < -0.4 is 15.5 Å². The molecule has 5 nitrogen and oxygen atoms in total. The van der Waals surface area contributed by atoms with Crippen molar-refractivity contribution in [3.8, 4) is 0 Å². The molecule has 2 aliphatic rings. The van der Waals surface area contributed by atoms with Crippen LogP contribution in [-0.4, -0.2) is 45.3 Å². The molecule has 8 heteroatoms. The lowest BCUT2D eigenvalue weighted by Crippen LogP contribution is -2.37. The minimum atomic E-state index is -0.270. The summed E-state index contributed by atoms with van der Waals surface area (Å²) in [6.45, 7) is 5.38. The van der Waals surface area contributed by atoms with Crippen molar-refractivity contribution in [3.63, 3.8) is 0 Å². The van der Waals surface area contributed by atoms with Gasteiger partial charge in [-0.05, 0) is 55.6 Å². The second-order valence-electron chi connectivity index (χ2n) is 6.55. The predicted molar refractivity (Wildman–Crippen MR) is 106 cm³/mol. The van der Waals surface area contributed by atoms with Crippen molar-refractivity contribution >= 4 is 36.4 Å². The second kappa shape index (κ2) is 11.6. The summed E-state index contributed by atoms with van der Waals surface area (Å²) < 4.78 is 19.0. The minimum Gasteiger partial charge on any atom is -0.378 e. The van der Waals surface area contributed by atoms with E-state index in [1.54, 1.807) is 6.07 Å². The number of rotatable bonds is 6. The van der Waals surface area contributed by atoms with Gasteiger partial charge in [0.05, 0.1) is 13.2 Å². The number of halogens is 3. The summed E-state index contributed by atoms with van der Waals surface area (Å²) in [7, 11) is 0. The summed E-state index contributed by atoms with van der Waals surface area (Å²) in [5.74, 6) is 0.376. The van der Waals surface area contributed by atoms with Crippen LogP contribution in [0.15, 0.2) is 18.2 Å². The molecule has 2 aliphatic heterocycles. The van der Waals surface area contributed by atoms with Crippen LogP contribution in [0.5, 0.6) is 0 Å². The Morgan fingerprint density at radius 3 is 2.77 bits per heavy atom. The van der Waals surface area contributed by atoms with Gasteiger partial charge in [-0.1, -0.05) is 0 Å². The molecule has 1 unspecified atom stereocenters. The number of nitrogens with zero attached hydrogens (tertiary/aromatic N) is 1. The average molecular weight is 408 g/mol. The van der Waals surface area contributed by atoms with Crippen molar-refractivity contribution in [3.05, 3.63) is 29.6 Å². The fourth-order valence-corrected chi connectivity index (χ4v) is 3.39. The Hall–Kier alpha value is -1.08. The molecule has 2 N–H and O–H groups in total. The highest BCUT2D eigenvalue weighted by Gasteiger charge is 2.17. The number of hydrogen-bond donors (Lipinski definition) is 2. The molecule has 26 heavy (non-hydrogen) atoms. The Morgan fingerprint density at radius 2 is 2.08 bits per heavy atom. The minimum absolute atomic E-state index is 0. The van der Waals surface area contributed by atoms with E-state index >= 15 is 0 Å². The first-order valence-electron chi connectivity index (χ1n) is 8.81. The number of nitrogens with one attached hydrogen (secondary N) is 2. The Bertz CT molecular complexity index is 565. The van der Waals surface area contributed by atoms with Gasteiger partial charge in [0.15, 0.2) is 0 Å². The summed E-state index contributed by atoms with van der Waals surface area (Å²) in [6, 6.07) is 4.79. The van der Waals surface area contributed by atoms with E-state index in [9.17, 15) is 9.18 Å². The zero-order chi connectivity index (χ0) is 16.8. The van der Waals surface area contributed by atoms with Gasteiger partial charge in [-0.3, -0.25) is 4.79 Å². The Labute approximate surface area is 166 Å². The van der Waals surface area contributed by atoms with Gasteiger partial charge in [0, 0.05) is 31.7 Å². The summed E-state index contributed by atoms with van der Waals surface area (Å²) in [5.41, 5.74) is 1.81. The highest BCUT2D eigenvalue weighted by molar-refractivity contribution is 5.85. The summed E-state index contributed by atoms with van der Waals surface area (Å²) in [5, 5.41) is 6.26. The molecule has 0 radical (unpaired) electrons. The summed E-state index contributed by atoms with van der Waals surface area (Å²) in [4.78, 5) is 14.3. The van der Waals surface area contributed by atoms with Crippen molar-refractivity contribution < 1.29 is 13.9 Å². The van der Waals surface area contributed by atoms with Crippen LogP contribution in [0, 0.1) is 11.7 Å². The van der Waals surface area contributed by atoms with Crippen LogP contribution in [-0.2, 0) is 16.1 Å². The van der Waals surface area contributed by atoms with Gasteiger partial charge in [-0.25, -0.2) is 4.39 Å². The molecule has 2 saturated heterocycles. The van der Waals surface area contributed by atoms with Crippen molar-refractivity contribution in [2.24, 2.45) is 5.92 Å². The highest BCUT2D eigenvalue weighted by Crippen LogP contribution is 2.23. The Kier molecular flexibility index (Phi) is 10.2. The summed E-state index contributed by atoms with van der Waals surface area (Å²) in [6.07, 6.45) is 2.60. The lowest BCUT2D eigenvalue weighted by molar-refractivity contribution is -0.121. The molecular weight excluding hydrogens is 380 g/mol. The lowest BCUT2D eigenvalue weighted by atomic mass is 10.0. The Balaban J connectivity index is 0.00000169. The third-order valence-electron chi connectivity index (χ3n) is 4.81. The number of ether oxygens (including phenoxy) is 1. The van der Waals surface area contributed by atoms with E-state index < -0.39 is 0 Å².